The van der Waals surface area contributed by atoms with Gasteiger partial charge in [-0.15, -0.1) is 10.2 Å². The van der Waals surface area contributed by atoms with Gasteiger partial charge in [-0.25, -0.2) is 0 Å². The lowest BCUT2D eigenvalue weighted by Crippen LogP contribution is -2.35. The Labute approximate surface area is 122 Å². The third-order valence-corrected chi connectivity index (χ3v) is 4.31. The SMILES string of the molecule is CC(C)(C)NCc1nn2c(C3CCOCC3)nnc2s1. The highest BCUT2D eigenvalue weighted by molar-refractivity contribution is 7.16. The van der Waals surface area contributed by atoms with Crippen molar-refractivity contribution in [1.29, 1.82) is 0 Å². The largest absolute Gasteiger partial charge is 0.381 e. The van der Waals surface area contributed by atoms with Crippen molar-refractivity contribution in [2.24, 2.45) is 0 Å². The summed E-state index contributed by atoms with van der Waals surface area (Å²) in [7, 11) is 0. The first-order valence-electron chi connectivity index (χ1n) is 7.07. The van der Waals surface area contributed by atoms with Crippen molar-refractivity contribution < 1.29 is 4.74 Å². The van der Waals surface area contributed by atoms with Crippen LogP contribution in [0.2, 0.25) is 0 Å². The highest BCUT2D eigenvalue weighted by atomic mass is 32.1. The maximum atomic E-state index is 5.41. The van der Waals surface area contributed by atoms with E-state index >= 15 is 0 Å². The Morgan fingerprint density at radius 2 is 2.05 bits per heavy atom. The molecule has 110 valence electrons. The van der Waals surface area contributed by atoms with E-state index in [0.717, 1.165) is 48.4 Å². The molecule has 1 aliphatic heterocycles. The molecule has 0 aliphatic carbocycles. The van der Waals surface area contributed by atoms with Crippen molar-refractivity contribution in [3.63, 3.8) is 0 Å². The molecular weight excluding hydrogens is 274 g/mol. The molecule has 7 heteroatoms. The van der Waals surface area contributed by atoms with Gasteiger partial charge in [0.1, 0.15) is 5.01 Å². The van der Waals surface area contributed by atoms with Crippen molar-refractivity contribution >= 4 is 16.3 Å². The third kappa shape index (κ3) is 2.99. The number of ether oxygens (including phenoxy) is 1. The molecule has 6 nitrogen and oxygen atoms in total. The molecule has 0 amide bonds. The van der Waals surface area contributed by atoms with Crippen LogP contribution in [0.25, 0.3) is 4.96 Å². The Bertz CT molecular complexity index is 579. The van der Waals surface area contributed by atoms with E-state index in [9.17, 15) is 0 Å². The first-order valence-corrected chi connectivity index (χ1v) is 7.88. The summed E-state index contributed by atoms with van der Waals surface area (Å²) in [5, 5.41) is 17.7. The monoisotopic (exact) mass is 295 g/mol. The van der Waals surface area contributed by atoms with Gasteiger partial charge in [0, 0.05) is 24.7 Å². The standard InChI is InChI=1S/C13H21N5OS/c1-13(2,3)14-8-10-17-18-11(15-16-12(18)20-10)9-4-6-19-7-5-9/h9,14H,4-8H2,1-3H3. The summed E-state index contributed by atoms with van der Waals surface area (Å²) in [6.45, 7) is 8.84. The van der Waals surface area contributed by atoms with Gasteiger partial charge in [-0.05, 0) is 33.6 Å². The summed E-state index contributed by atoms with van der Waals surface area (Å²) in [5.41, 5.74) is 0.0928. The molecular formula is C13H21N5OS. The molecule has 3 rings (SSSR count). The molecule has 1 saturated heterocycles. The minimum absolute atomic E-state index is 0.0928. The van der Waals surface area contributed by atoms with E-state index in [-0.39, 0.29) is 5.54 Å². The van der Waals surface area contributed by atoms with Crippen molar-refractivity contribution in [3.05, 3.63) is 10.8 Å². The lowest BCUT2D eigenvalue weighted by molar-refractivity contribution is 0.0831. The Hall–Kier alpha value is -1.05. The lowest BCUT2D eigenvalue weighted by atomic mass is 10.00. The molecule has 0 spiro atoms. The molecule has 0 atom stereocenters. The molecule has 0 bridgehead atoms. The van der Waals surface area contributed by atoms with Crippen molar-refractivity contribution in [1.82, 2.24) is 25.1 Å². The quantitative estimate of drug-likeness (QED) is 0.938. The number of rotatable bonds is 3. The molecule has 1 fully saturated rings. The van der Waals surface area contributed by atoms with Gasteiger partial charge in [-0.1, -0.05) is 11.3 Å². The van der Waals surface area contributed by atoms with Gasteiger partial charge in [0.2, 0.25) is 4.96 Å². The Morgan fingerprint density at radius 1 is 1.30 bits per heavy atom. The molecule has 0 unspecified atom stereocenters. The smallest absolute Gasteiger partial charge is 0.234 e. The number of nitrogens with one attached hydrogen (secondary N) is 1. The van der Waals surface area contributed by atoms with E-state index < -0.39 is 0 Å². The number of fused-ring (bicyclic) bond motifs is 1. The van der Waals surface area contributed by atoms with Crippen LogP contribution in [0.3, 0.4) is 0 Å². The van der Waals surface area contributed by atoms with Crippen LogP contribution in [0.5, 0.6) is 0 Å². The van der Waals surface area contributed by atoms with Crippen LogP contribution in [0, 0.1) is 0 Å². The van der Waals surface area contributed by atoms with E-state index in [4.69, 9.17) is 4.74 Å². The second-order valence-electron chi connectivity index (χ2n) is 6.24. The highest BCUT2D eigenvalue weighted by Crippen LogP contribution is 2.27. The van der Waals surface area contributed by atoms with Crippen LogP contribution >= 0.6 is 11.3 Å². The summed E-state index contributed by atoms with van der Waals surface area (Å²) in [5.74, 6) is 1.41. The maximum absolute atomic E-state index is 5.41. The average Bonchev–Trinajstić information content (AvgIpc) is 2.96. The average molecular weight is 295 g/mol. The normalized spacial score (nSPS) is 17.9. The molecule has 2 aromatic rings. The van der Waals surface area contributed by atoms with Crippen LogP contribution in [0.1, 0.15) is 50.4 Å². The van der Waals surface area contributed by atoms with Crippen molar-refractivity contribution in [2.75, 3.05) is 13.2 Å². The van der Waals surface area contributed by atoms with Gasteiger partial charge >= 0.3 is 0 Å². The number of nitrogens with zero attached hydrogens (tertiary/aromatic N) is 4. The molecule has 1 aliphatic rings. The van der Waals surface area contributed by atoms with Gasteiger partial charge in [0.15, 0.2) is 5.82 Å². The van der Waals surface area contributed by atoms with Gasteiger partial charge in [0.05, 0.1) is 6.54 Å². The van der Waals surface area contributed by atoms with E-state index in [1.807, 2.05) is 4.52 Å². The van der Waals surface area contributed by atoms with Gasteiger partial charge in [-0.3, -0.25) is 0 Å². The van der Waals surface area contributed by atoms with E-state index in [0.29, 0.717) is 5.92 Å². The number of aromatic nitrogens is 4. The minimum atomic E-state index is 0.0928. The summed E-state index contributed by atoms with van der Waals surface area (Å²) < 4.78 is 7.32. The molecule has 2 aromatic heterocycles. The number of hydrogen-bond donors (Lipinski definition) is 1. The topological polar surface area (TPSA) is 64.3 Å². The predicted molar refractivity (Wildman–Crippen MR) is 78.0 cm³/mol. The fourth-order valence-corrected chi connectivity index (χ4v) is 3.07. The van der Waals surface area contributed by atoms with E-state index in [1.54, 1.807) is 11.3 Å². The van der Waals surface area contributed by atoms with Crippen molar-refractivity contribution in [3.8, 4) is 0 Å². The Morgan fingerprint density at radius 3 is 2.75 bits per heavy atom. The summed E-state index contributed by atoms with van der Waals surface area (Å²) in [4.78, 5) is 0.886. The van der Waals surface area contributed by atoms with Crippen molar-refractivity contribution in [2.45, 2.75) is 51.6 Å². The Balaban J connectivity index is 1.79. The molecule has 0 radical (unpaired) electrons. The van der Waals surface area contributed by atoms with Crippen LogP contribution in [0.15, 0.2) is 0 Å². The van der Waals surface area contributed by atoms with Gasteiger partial charge in [0.25, 0.3) is 0 Å². The second kappa shape index (κ2) is 5.38. The van der Waals surface area contributed by atoms with Crippen LogP contribution in [-0.2, 0) is 11.3 Å². The van der Waals surface area contributed by atoms with Crippen LogP contribution < -0.4 is 5.32 Å². The molecule has 20 heavy (non-hydrogen) atoms. The zero-order valence-electron chi connectivity index (χ0n) is 12.2. The molecule has 0 aromatic carbocycles. The third-order valence-electron chi connectivity index (χ3n) is 3.41. The molecule has 3 heterocycles. The van der Waals surface area contributed by atoms with Crippen LogP contribution in [-0.4, -0.2) is 38.6 Å². The zero-order chi connectivity index (χ0) is 14.2. The fraction of sp³-hybridized carbons (Fsp3) is 0.769. The van der Waals surface area contributed by atoms with Gasteiger partial charge < -0.3 is 10.1 Å². The first kappa shape index (κ1) is 13.9. The highest BCUT2D eigenvalue weighted by Gasteiger charge is 2.23. The first-order chi connectivity index (χ1) is 9.53. The van der Waals surface area contributed by atoms with E-state index in [1.165, 1.54) is 0 Å². The van der Waals surface area contributed by atoms with Gasteiger partial charge in [-0.2, -0.15) is 9.61 Å². The minimum Gasteiger partial charge on any atom is -0.381 e. The lowest BCUT2D eigenvalue weighted by Gasteiger charge is -2.20. The second-order valence-corrected chi connectivity index (χ2v) is 7.28. The van der Waals surface area contributed by atoms with E-state index in [2.05, 4.69) is 41.4 Å². The van der Waals surface area contributed by atoms with Crippen LogP contribution in [0.4, 0.5) is 0 Å². The summed E-state index contributed by atoms with van der Waals surface area (Å²) >= 11 is 1.61. The summed E-state index contributed by atoms with van der Waals surface area (Å²) in [6.07, 6.45) is 2.02. The molecule has 1 N–H and O–H groups in total. The zero-order valence-corrected chi connectivity index (χ0v) is 13.0. The number of hydrogen-bond acceptors (Lipinski definition) is 6. The molecule has 0 saturated carbocycles. The summed E-state index contributed by atoms with van der Waals surface area (Å²) in [6, 6.07) is 0. The predicted octanol–water partition coefficient (Wildman–Crippen LogP) is 1.97. The maximum Gasteiger partial charge on any atom is 0.234 e. The fourth-order valence-electron chi connectivity index (χ4n) is 2.29. The Kier molecular flexibility index (Phi) is 3.74.